The molecule has 0 aromatic heterocycles. The van der Waals surface area contributed by atoms with Crippen LogP contribution >= 0.6 is 0 Å². The van der Waals surface area contributed by atoms with Gasteiger partial charge in [-0.2, -0.15) is 0 Å². The number of carbonyl (C=O) groups is 1. The van der Waals surface area contributed by atoms with Crippen LogP contribution in [0.4, 0.5) is 0 Å². The van der Waals surface area contributed by atoms with Crippen molar-refractivity contribution in [3.63, 3.8) is 0 Å². The first-order valence-corrected chi connectivity index (χ1v) is 7.81. The van der Waals surface area contributed by atoms with Crippen LogP contribution in [0.25, 0.3) is 10.4 Å². The van der Waals surface area contributed by atoms with Gasteiger partial charge in [-0.15, -0.1) is 0 Å². The molecule has 100 valence electrons. The third-order valence-electron chi connectivity index (χ3n) is 3.33. The van der Waals surface area contributed by atoms with Crippen molar-refractivity contribution in [2.75, 3.05) is 7.11 Å². The summed E-state index contributed by atoms with van der Waals surface area (Å²) in [6.45, 7) is 0. The number of rotatable bonds is 4. The Hall–Kier alpha value is -1.48. The average Bonchev–Trinajstić information content (AvgIpc) is 2.83. The second-order valence-electron chi connectivity index (χ2n) is 4.41. The quantitative estimate of drug-likeness (QED) is 0.280. The van der Waals surface area contributed by atoms with E-state index in [1.54, 1.807) is 0 Å². The van der Waals surface area contributed by atoms with Crippen LogP contribution in [0.15, 0.2) is 35.4 Å². The van der Waals surface area contributed by atoms with Crippen LogP contribution < -0.4 is 4.46 Å². The van der Waals surface area contributed by atoms with Crippen LogP contribution in [0, 0.1) is 0 Å². The first-order chi connectivity index (χ1) is 9.23. The summed E-state index contributed by atoms with van der Waals surface area (Å²) in [4.78, 5) is 15.1. The Morgan fingerprint density at radius 2 is 2.26 bits per heavy atom. The molecule has 0 heterocycles. The number of methoxy groups -OCH3 is 1. The van der Waals surface area contributed by atoms with Gasteiger partial charge in [0, 0.05) is 0 Å². The van der Waals surface area contributed by atoms with Crippen LogP contribution in [0.5, 0.6) is 0 Å². The number of nitrogens with zero attached hydrogens (tertiary/aromatic N) is 3. The standard InChI is InChI=1S/C13H15N3O2Se/c1-18-12(17)13(9-5-8-11(13)15-16-14)19-10-6-3-2-4-7-10/h2-4,6-7,11H,5,8-9H2,1H3/t11-,13+/m0/s1. The van der Waals surface area contributed by atoms with E-state index >= 15 is 0 Å². The number of ether oxygens (including phenoxy) is 1. The Labute approximate surface area is 118 Å². The molecule has 1 fully saturated rings. The summed E-state index contributed by atoms with van der Waals surface area (Å²) in [5, 5.41) is 3.84. The van der Waals surface area contributed by atoms with Crippen molar-refractivity contribution in [2.24, 2.45) is 5.11 Å². The summed E-state index contributed by atoms with van der Waals surface area (Å²) in [6.07, 6.45) is 2.39. The Morgan fingerprint density at radius 1 is 1.53 bits per heavy atom. The van der Waals surface area contributed by atoms with Gasteiger partial charge in [-0.3, -0.25) is 0 Å². The SMILES string of the molecule is COC(=O)[C@@]1([Se]c2ccccc2)CCC[C@@H]1N=[N+]=[N-]. The Balaban J connectivity index is 2.35. The zero-order valence-corrected chi connectivity index (χ0v) is 12.4. The average molecular weight is 324 g/mol. The van der Waals surface area contributed by atoms with E-state index in [9.17, 15) is 4.79 Å². The number of hydrogen-bond donors (Lipinski definition) is 0. The molecule has 1 aliphatic rings. The van der Waals surface area contributed by atoms with Crippen molar-refractivity contribution in [1.29, 1.82) is 0 Å². The third kappa shape index (κ3) is 2.76. The molecule has 2 atom stereocenters. The van der Waals surface area contributed by atoms with Crippen molar-refractivity contribution in [2.45, 2.75) is 29.6 Å². The summed E-state index contributed by atoms with van der Waals surface area (Å²) >= 11 is -0.100. The first kappa shape index (κ1) is 13.9. The molecule has 2 rings (SSSR count). The molecule has 0 saturated heterocycles. The van der Waals surface area contributed by atoms with Crippen molar-refractivity contribution < 1.29 is 9.53 Å². The fourth-order valence-corrected chi connectivity index (χ4v) is 5.44. The van der Waals surface area contributed by atoms with E-state index in [1.165, 1.54) is 7.11 Å². The molecule has 1 aliphatic carbocycles. The van der Waals surface area contributed by atoms with Gasteiger partial charge >= 0.3 is 118 Å². The molecule has 5 nitrogen and oxygen atoms in total. The van der Waals surface area contributed by atoms with Gasteiger partial charge < -0.3 is 0 Å². The minimum atomic E-state index is -0.644. The van der Waals surface area contributed by atoms with Gasteiger partial charge in [-0.05, 0) is 0 Å². The molecule has 1 saturated carbocycles. The van der Waals surface area contributed by atoms with E-state index in [1.807, 2.05) is 30.3 Å². The van der Waals surface area contributed by atoms with Crippen LogP contribution in [-0.4, -0.2) is 34.1 Å². The maximum atomic E-state index is 12.2. The molecule has 0 N–H and O–H groups in total. The molecule has 0 radical (unpaired) electrons. The number of azide groups is 1. The summed E-state index contributed by atoms with van der Waals surface area (Å²) < 4.78 is 5.46. The molecule has 19 heavy (non-hydrogen) atoms. The van der Waals surface area contributed by atoms with Crippen molar-refractivity contribution in [3.05, 3.63) is 40.8 Å². The Kier molecular flexibility index (Phi) is 4.48. The van der Waals surface area contributed by atoms with E-state index in [0.29, 0.717) is 0 Å². The van der Waals surface area contributed by atoms with Gasteiger partial charge in [-0.1, -0.05) is 0 Å². The summed E-state index contributed by atoms with van der Waals surface area (Å²) in [7, 11) is 1.40. The monoisotopic (exact) mass is 325 g/mol. The summed E-state index contributed by atoms with van der Waals surface area (Å²) in [6, 6.07) is 9.60. The van der Waals surface area contributed by atoms with Gasteiger partial charge in [-0.25, -0.2) is 0 Å². The van der Waals surface area contributed by atoms with Gasteiger partial charge in [0.2, 0.25) is 0 Å². The minimum absolute atomic E-state index is 0.100. The molecular weight excluding hydrogens is 309 g/mol. The fraction of sp³-hybridized carbons (Fsp3) is 0.462. The van der Waals surface area contributed by atoms with Gasteiger partial charge in [0.1, 0.15) is 0 Å². The molecule has 0 spiro atoms. The predicted octanol–water partition coefficient (Wildman–Crippen LogP) is 2.21. The normalized spacial score (nSPS) is 25.6. The van der Waals surface area contributed by atoms with Crippen LogP contribution in [-0.2, 0) is 9.53 Å². The fourth-order valence-electron chi connectivity index (χ4n) is 2.44. The number of benzene rings is 1. The Morgan fingerprint density at radius 3 is 2.89 bits per heavy atom. The van der Waals surface area contributed by atoms with Crippen LogP contribution in [0.1, 0.15) is 19.3 Å². The molecule has 0 amide bonds. The van der Waals surface area contributed by atoms with Crippen molar-refractivity contribution in [1.82, 2.24) is 0 Å². The number of carbonyl (C=O) groups excluding carboxylic acids is 1. The Bertz CT molecular complexity index is 502. The molecule has 0 aliphatic heterocycles. The van der Waals surface area contributed by atoms with Crippen LogP contribution in [0.2, 0.25) is 4.31 Å². The van der Waals surface area contributed by atoms with E-state index in [0.717, 1.165) is 23.7 Å². The van der Waals surface area contributed by atoms with E-state index in [-0.39, 0.29) is 27.0 Å². The van der Waals surface area contributed by atoms with Gasteiger partial charge in [0.25, 0.3) is 0 Å². The third-order valence-corrected chi connectivity index (χ3v) is 6.51. The van der Waals surface area contributed by atoms with Crippen LogP contribution in [0.3, 0.4) is 0 Å². The number of esters is 1. The molecule has 1 aromatic carbocycles. The zero-order chi connectivity index (χ0) is 13.7. The van der Waals surface area contributed by atoms with E-state index < -0.39 is 4.31 Å². The summed E-state index contributed by atoms with van der Waals surface area (Å²) in [5.74, 6) is -0.244. The van der Waals surface area contributed by atoms with E-state index in [4.69, 9.17) is 10.3 Å². The first-order valence-electron chi connectivity index (χ1n) is 6.09. The van der Waals surface area contributed by atoms with Gasteiger partial charge in [0.15, 0.2) is 0 Å². The topological polar surface area (TPSA) is 75.1 Å². The predicted molar refractivity (Wildman–Crippen MR) is 73.3 cm³/mol. The van der Waals surface area contributed by atoms with Gasteiger partial charge in [0.05, 0.1) is 0 Å². The van der Waals surface area contributed by atoms with Crippen molar-refractivity contribution in [3.8, 4) is 0 Å². The second kappa shape index (κ2) is 6.11. The molecule has 0 unspecified atom stereocenters. The van der Waals surface area contributed by atoms with Crippen molar-refractivity contribution >= 4 is 25.4 Å². The number of hydrogen-bond acceptors (Lipinski definition) is 3. The van der Waals surface area contributed by atoms with E-state index in [2.05, 4.69) is 10.0 Å². The molecule has 1 aromatic rings. The zero-order valence-electron chi connectivity index (χ0n) is 10.7. The summed E-state index contributed by atoms with van der Waals surface area (Å²) in [5.41, 5.74) is 8.69. The second-order valence-corrected chi connectivity index (χ2v) is 7.35. The molecule has 0 bridgehead atoms. The molecule has 6 heteroatoms. The molecular formula is C13H15N3O2Se. The maximum absolute atomic E-state index is 12.2.